The number of ether oxygens (including phenoxy) is 3. The minimum atomic E-state index is -0.585. The topological polar surface area (TPSA) is 77.1 Å². The summed E-state index contributed by atoms with van der Waals surface area (Å²) in [7, 11) is 0. The van der Waals surface area contributed by atoms with Crippen LogP contribution in [0.1, 0.15) is 83.3 Å². The number of esters is 1. The van der Waals surface area contributed by atoms with Gasteiger partial charge in [-0.3, -0.25) is 9.59 Å². The van der Waals surface area contributed by atoms with Gasteiger partial charge in [-0.2, -0.15) is 0 Å². The van der Waals surface area contributed by atoms with Gasteiger partial charge in [0.05, 0.1) is 6.04 Å². The Labute approximate surface area is 198 Å². The molecule has 2 heterocycles. The van der Waals surface area contributed by atoms with Gasteiger partial charge in [-0.1, -0.05) is 45.6 Å². The monoisotopic (exact) mass is 460 g/mol. The summed E-state index contributed by atoms with van der Waals surface area (Å²) in [5.41, 5.74) is 0.813. The average Bonchev–Trinajstić information content (AvgIpc) is 3.34. The van der Waals surface area contributed by atoms with E-state index in [1.54, 1.807) is 6.92 Å². The highest BCUT2D eigenvalue weighted by molar-refractivity contribution is 5.76. The molecule has 1 saturated heterocycles. The van der Waals surface area contributed by atoms with Gasteiger partial charge in [-0.25, -0.2) is 0 Å². The number of rotatable bonds is 13. The lowest BCUT2D eigenvalue weighted by atomic mass is 10.00. The SMILES string of the molecule is CCCCCCCC(=O)N[C@H](CN1CCCC1)[C@H](OC(=O)CC)c1ccc2c(c1)OCCO2. The smallest absolute Gasteiger partial charge is 0.306 e. The maximum absolute atomic E-state index is 12.9. The Hall–Kier alpha value is -2.28. The third-order valence-electron chi connectivity index (χ3n) is 6.31. The molecule has 7 heteroatoms. The van der Waals surface area contributed by atoms with Crippen molar-refractivity contribution >= 4 is 11.9 Å². The van der Waals surface area contributed by atoms with Crippen LogP contribution in [0.5, 0.6) is 11.5 Å². The molecule has 2 atom stereocenters. The zero-order valence-electron chi connectivity index (χ0n) is 20.3. The number of nitrogens with zero attached hydrogens (tertiary/aromatic N) is 1. The van der Waals surface area contributed by atoms with Crippen LogP contribution < -0.4 is 14.8 Å². The molecule has 1 fully saturated rings. The average molecular weight is 461 g/mol. The van der Waals surface area contributed by atoms with Crippen molar-refractivity contribution in [2.75, 3.05) is 32.8 Å². The van der Waals surface area contributed by atoms with Gasteiger partial charge >= 0.3 is 5.97 Å². The maximum Gasteiger partial charge on any atom is 0.306 e. The molecule has 0 aromatic heterocycles. The molecule has 0 radical (unpaired) electrons. The van der Waals surface area contributed by atoms with E-state index in [0.29, 0.717) is 37.7 Å². The van der Waals surface area contributed by atoms with Crippen molar-refractivity contribution in [3.05, 3.63) is 23.8 Å². The van der Waals surface area contributed by atoms with E-state index >= 15 is 0 Å². The van der Waals surface area contributed by atoms with Crippen LogP contribution in [0.4, 0.5) is 0 Å². The van der Waals surface area contributed by atoms with Crippen molar-refractivity contribution in [2.24, 2.45) is 0 Å². The maximum atomic E-state index is 12.9. The van der Waals surface area contributed by atoms with Crippen LogP contribution in [-0.2, 0) is 14.3 Å². The molecule has 0 aliphatic carbocycles. The number of carbonyl (C=O) groups excluding carboxylic acids is 2. The number of hydrogen-bond donors (Lipinski definition) is 1. The summed E-state index contributed by atoms with van der Waals surface area (Å²) in [5, 5.41) is 3.21. The Bertz CT molecular complexity index is 763. The fraction of sp³-hybridized carbons (Fsp3) is 0.692. The summed E-state index contributed by atoms with van der Waals surface area (Å²) in [4.78, 5) is 27.6. The molecule has 2 aliphatic heterocycles. The first kappa shape index (κ1) is 25.3. The molecular formula is C26H40N2O5. The largest absolute Gasteiger partial charge is 0.486 e. The number of amides is 1. The van der Waals surface area contributed by atoms with E-state index in [9.17, 15) is 9.59 Å². The lowest BCUT2D eigenvalue weighted by Gasteiger charge is -2.32. The molecule has 33 heavy (non-hydrogen) atoms. The van der Waals surface area contributed by atoms with Crippen LogP contribution in [0.25, 0.3) is 0 Å². The van der Waals surface area contributed by atoms with E-state index < -0.39 is 6.10 Å². The standard InChI is InChI=1S/C26H40N2O5/c1-3-5-6-7-8-11-24(29)27-21(19-28-14-9-10-15-28)26(33-25(30)4-2)20-12-13-22-23(18-20)32-17-16-31-22/h12-13,18,21,26H,3-11,14-17,19H2,1-2H3,(H,27,29)/t21-,26-/m1/s1. The molecule has 184 valence electrons. The molecule has 7 nitrogen and oxygen atoms in total. The first-order chi connectivity index (χ1) is 16.1. The molecule has 0 unspecified atom stereocenters. The summed E-state index contributed by atoms with van der Waals surface area (Å²) in [6.45, 7) is 7.63. The quantitative estimate of drug-likeness (QED) is 0.347. The number of hydrogen-bond acceptors (Lipinski definition) is 6. The fourth-order valence-corrected chi connectivity index (χ4v) is 4.47. The van der Waals surface area contributed by atoms with Crippen molar-refractivity contribution in [2.45, 2.75) is 83.8 Å². The van der Waals surface area contributed by atoms with Crippen LogP contribution in [0.3, 0.4) is 0 Å². The van der Waals surface area contributed by atoms with Gasteiger partial charge < -0.3 is 24.4 Å². The molecule has 1 aromatic rings. The number of benzene rings is 1. The van der Waals surface area contributed by atoms with Crippen molar-refractivity contribution in [1.29, 1.82) is 0 Å². The normalized spacial score (nSPS) is 17.4. The van der Waals surface area contributed by atoms with E-state index in [1.165, 1.54) is 12.8 Å². The van der Waals surface area contributed by atoms with E-state index in [2.05, 4.69) is 17.1 Å². The van der Waals surface area contributed by atoms with Gasteiger partial charge in [-0.05, 0) is 50.0 Å². The number of unbranched alkanes of at least 4 members (excludes halogenated alkanes) is 4. The first-order valence-corrected chi connectivity index (χ1v) is 12.7. The highest BCUT2D eigenvalue weighted by Gasteiger charge is 2.31. The summed E-state index contributed by atoms with van der Waals surface area (Å²) in [5.74, 6) is 1.08. The second kappa shape index (κ2) is 13.4. The molecular weight excluding hydrogens is 420 g/mol. The van der Waals surface area contributed by atoms with Gasteiger partial charge in [0.2, 0.25) is 5.91 Å². The van der Waals surface area contributed by atoms with Crippen LogP contribution in [-0.4, -0.2) is 55.7 Å². The van der Waals surface area contributed by atoms with Crippen LogP contribution in [0, 0.1) is 0 Å². The Kier molecular flexibility index (Phi) is 10.3. The lowest BCUT2D eigenvalue weighted by molar-refractivity contribution is -0.152. The minimum Gasteiger partial charge on any atom is -0.486 e. The fourth-order valence-electron chi connectivity index (χ4n) is 4.47. The Balaban J connectivity index is 1.77. The van der Waals surface area contributed by atoms with Gasteiger partial charge in [0.25, 0.3) is 0 Å². The molecule has 1 amide bonds. The number of nitrogens with one attached hydrogen (secondary N) is 1. The van der Waals surface area contributed by atoms with Crippen molar-refractivity contribution in [3.63, 3.8) is 0 Å². The summed E-state index contributed by atoms with van der Waals surface area (Å²) < 4.78 is 17.3. The van der Waals surface area contributed by atoms with Crippen molar-refractivity contribution in [3.8, 4) is 11.5 Å². The Morgan fingerprint density at radius 1 is 1.03 bits per heavy atom. The molecule has 1 N–H and O–H groups in total. The Morgan fingerprint density at radius 2 is 1.76 bits per heavy atom. The number of fused-ring (bicyclic) bond motifs is 1. The molecule has 0 spiro atoms. The molecule has 2 aliphatic rings. The minimum absolute atomic E-state index is 0.0192. The molecule has 0 bridgehead atoms. The van der Waals surface area contributed by atoms with E-state index in [0.717, 1.165) is 50.8 Å². The van der Waals surface area contributed by atoms with Gasteiger partial charge in [0, 0.05) is 19.4 Å². The summed E-state index contributed by atoms with van der Waals surface area (Å²) in [6.07, 6.45) is 8.00. The van der Waals surface area contributed by atoms with Gasteiger partial charge in [0.1, 0.15) is 19.3 Å². The van der Waals surface area contributed by atoms with E-state index in [1.807, 2.05) is 18.2 Å². The summed E-state index contributed by atoms with van der Waals surface area (Å²) in [6, 6.07) is 5.33. The molecule has 3 rings (SSSR count). The van der Waals surface area contributed by atoms with Crippen LogP contribution in [0.15, 0.2) is 18.2 Å². The number of carbonyl (C=O) groups is 2. The third-order valence-corrected chi connectivity index (χ3v) is 6.31. The van der Waals surface area contributed by atoms with E-state index in [4.69, 9.17) is 14.2 Å². The van der Waals surface area contributed by atoms with Crippen LogP contribution >= 0.6 is 0 Å². The lowest BCUT2D eigenvalue weighted by Crippen LogP contribution is -2.47. The van der Waals surface area contributed by atoms with Gasteiger partial charge in [0.15, 0.2) is 11.5 Å². The first-order valence-electron chi connectivity index (χ1n) is 12.7. The third kappa shape index (κ3) is 7.91. The second-order valence-corrected chi connectivity index (χ2v) is 9.01. The van der Waals surface area contributed by atoms with Crippen molar-refractivity contribution < 1.29 is 23.8 Å². The summed E-state index contributed by atoms with van der Waals surface area (Å²) >= 11 is 0. The molecule has 0 saturated carbocycles. The zero-order valence-corrected chi connectivity index (χ0v) is 20.3. The van der Waals surface area contributed by atoms with E-state index in [-0.39, 0.29) is 24.3 Å². The highest BCUT2D eigenvalue weighted by Crippen LogP contribution is 2.35. The highest BCUT2D eigenvalue weighted by atomic mass is 16.6. The molecule has 1 aromatic carbocycles. The Morgan fingerprint density at radius 3 is 2.48 bits per heavy atom. The van der Waals surface area contributed by atoms with Crippen LogP contribution in [0.2, 0.25) is 0 Å². The second-order valence-electron chi connectivity index (χ2n) is 9.01. The number of likely N-dealkylation sites (tertiary alicyclic amines) is 1. The predicted molar refractivity (Wildman–Crippen MR) is 128 cm³/mol. The van der Waals surface area contributed by atoms with Gasteiger partial charge in [-0.15, -0.1) is 0 Å². The van der Waals surface area contributed by atoms with Crippen molar-refractivity contribution in [1.82, 2.24) is 10.2 Å². The predicted octanol–water partition coefficient (Wildman–Crippen LogP) is 4.39. The zero-order chi connectivity index (χ0) is 23.5.